The zero-order valence-corrected chi connectivity index (χ0v) is 15.1. The van der Waals surface area contributed by atoms with Crippen molar-refractivity contribution in [3.8, 4) is 11.5 Å². The molecule has 0 saturated carbocycles. The Labute approximate surface area is 155 Å². The van der Waals surface area contributed by atoms with Crippen LogP contribution < -0.4 is 25.6 Å². The van der Waals surface area contributed by atoms with Crippen LogP contribution >= 0.6 is 0 Å². The Hall–Kier alpha value is -2.71. The van der Waals surface area contributed by atoms with E-state index in [1.54, 1.807) is 19.2 Å². The van der Waals surface area contributed by atoms with Gasteiger partial charge in [-0.2, -0.15) is 0 Å². The molecule has 1 fully saturated rings. The van der Waals surface area contributed by atoms with Gasteiger partial charge in [0, 0.05) is 36.7 Å². The lowest BCUT2D eigenvalue weighted by Crippen LogP contribution is -2.23. The number of methoxy groups -OCH3 is 2. The van der Waals surface area contributed by atoms with Gasteiger partial charge in [0.05, 0.1) is 14.2 Å². The number of carbonyl (C=O) groups excluding carboxylic acids is 1. The number of hydrogen-bond donors (Lipinski definition) is 3. The maximum atomic E-state index is 14.2. The third-order valence-electron chi connectivity index (χ3n) is 4.53. The number of rotatable bonds is 6. The maximum absolute atomic E-state index is 14.2. The van der Waals surface area contributed by atoms with Crippen molar-refractivity contribution < 1.29 is 23.0 Å². The first-order valence-corrected chi connectivity index (χ1v) is 8.47. The summed E-state index contributed by atoms with van der Waals surface area (Å²) in [6.07, 6.45) is 0. The maximum Gasteiger partial charge on any atom is 0.251 e. The van der Waals surface area contributed by atoms with Crippen molar-refractivity contribution in [1.82, 2.24) is 16.2 Å². The highest BCUT2D eigenvalue weighted by Gasteiger charge is 2.21. The largest absolute Gasteiger partial charge is 0.496 e. The number of halogens is 2. The van der Waals surface area contributed by atoms with E-state index in [1.807, 2.05) is 6.07 Å². The van der Waals surface area contributed by atoms with Crippen LogP contribution in [0.1, 0.15) is 27.4 Å². The van der Waals surface area contributed by atoms with Crippen LogP contribution in [0.4, 0.5) is 8.78 Å². The third kappa shape index (κ3) is 4.01. The van der Waals surface area contributed by atoms with Gasteiger partial charge in [-0.1, -0.05) is 12.1 Å². The second-order valence-corrected chi connectivity index (χ2v) is 6.15. The van der Waals surface area contributed by atoms with E-state index >= 15 is 0 Å². The second kappa shape index (κ2) is 8.32. The van der Waals surface area contributed by atoms with Crippen LogP contribution in [0.3, 0.4) is 0 Å². The highest BCUT2D eigenvalue weighted by molar-refractivity contribution is 5.94. The van der Waals surface area contributed by atoms with Crippen LogP contribution in [-0.2, 0) is 6.54 Å². The third-order valence-corrected chi connectivity index (χ3v) is 4.53. The molecular weight excluding hydrogens is 356 g/mol. The molecule has 3 N–H and O–H groups in total. The fraction of sp³-hybridized carbons (Fsp3) is 0.316. The highest BCUT2D eigenvalue weighted by atomic mass is 19.1. The van der Waals surface area contributed by atoms with Crippen LogP contribution in [0, 0.1) is 11.6 Å². The number of hydrogen-bond acceptors (Lipinski definition) is 5. The molecule has 3 rings (SSSR count). The second-order valence-electron chi connectivity index (χ2n) is 6.15. The fourth-order valence-electron chi connectivity index (χ4n) is 3.05. The predicted molar refractivity (Wildman–Crippen MR) is 95.8 cm³/mol. The number of ether oxygens (including phenoxy) is 2. The van der Waals surface area contributed by atoms with Crippen LogP contribution in [-0.4, -0.2) is 33.2 Å². The Bertz CT molecular complexity index is 839. The van der Waals surface area contributed by atoms with E-state index in [0.29, 0.717) is 11.3 Å². The average molecular weight is 377 g/mol. The monoisotopic (exact) mass is 377 g/mol. The van der Waals surface area contributed by atoms with Crippen molar-refractivity contribution in [2.75, 3.05) is 27.3 Å². The molecular formula is C19H21F2N3O3. The van der Waals surface area contributed by atoms with Gasteiger partial charge in [-0.3, -0.25) is 15.6 Å². The summed E-state index contributed by atoms with van der Waals surface area (Å²) >= 11 is 0. The number of carbonyl (C=O) groups is 1. The van der Waals surface area contributed by atoms with Gasteiger partial charge in [0.15, 0.2) is 17.4 Å². The molecule has 8 heteroatoms. The smallest absolute Gasteiger partial charge is 0.251 e. The minimum absolute atomic E-state index is 0.0954. The Morgan fingerprint density at radius 1 is 1.15 bits per heavy atom. The zero-order valence-electron chi connectivity index (χ0n) is 15.1. The lowest BCUT2D eigenvalue weighted by Gasteiger charge is -2.15. The topological polar surface area (TPSA) is 71.6 Å². The molecule has 6 nitrogen and oxygen atoms in total. The summed E-state index contributed by atoms with van der Waals surface area (Å²) in [7, 11) is 2.74. The van der Waals surface area contributed by atoms with Gasteiger partial charge < -0.3 is 14.8 Å². The van der Waals surface area contributed by atoms with Gasteiger partial charge in [0.1, 0.15) is 5.75 Å². The predicted octanol–water partition coefficient (Wildman–Crippen LogP) is 2.10. The Morgan fingerprint density at radius 3 is 2.56 bits per heavy atom. The van der Waals surface area contributed by atoms with Crippen molar-refractivity contribution in [3.63, 3.8) is 0 Å². The Balaban J connectivity index is 1.73. The first-order valence-electron chi connectivity index (χ1n) is 8.47. The van der Waals surface area contributed by atoms with E-state index in [1.165, 1.54) is 13.2 Å². The number of amides is 1. The van der Waals surface area contributed by atoms with Gasteiger partial charge >= 0.3 is 0 Å². The van der Waals surface area contributed by atoms with E-state index < -0.39 is 17.4 Å². The van der Waals surface area contributed by atoms with E-state index in [4.69, 9.17) is 9.47 Å². The molecule has 0 spiro atoms. The molecule has 1 heterocycles. The molecule has 2 aromatic carbocycles. The molecule has 0 atom stereocenters. The van der Waals surface area contributed by atoms with Gasteiger partial charge in [0.2, 0.25) is 0 Å². The Morgan fingerprint density at radius 2 is 1.89 bits per heavy atom. The van der Waals surface area contributed by atoms with Crippen molar-refractivity contribution in [2.24, 2.45) is 0 Å². The minimum Gasteiger partial charge on any atom is -0.496 e. The molecule has 1 saturated heterocycles. The summed E-state index contributed by atoms with van der Waals surface area (Å²) in [5.41, 5.74) is 7.64. The molecule has 1 aliphatic rings. The average Bonchev–Trinajstić information content (AvgIpc) is 3.21. The van der Waals surface area contributed by atoms with E-state index in [0.717, 1.165) is 24.7 Å². The van der Waals surface area contributed by atoms with Crippen LogP contribution in [0.25, 0.3) is 0 Å². The van der Waals surface area contributed by atoms with Crippen molar-refractivity contribution in [2.45, 2.75) is 12.5 Å². The quantitative estimate of drug-likeness (QED) is 0.719. The molecule has 0 aromatic heterocycles. The fourth-order valence-corrected chi connectivity index (χ4v) is 3.05. The Kier molecular flexibility index (Phi) is 5.88. The van der Waals surface area contributed by atoms with Crippen LogP contribution in [0.5, 0.6) is 11.5 Å². The molecule has 0 radical (unpaired) electrons. The summed E-state index contributed by atoms with van der Waals surface area (Å²) < 4.78 is 37.8. The van der Waals surface area contributed by atoms with E-state index in [2.05, 4.69) is 16.2 Å². The van der Waals surface area contributed by atoms with E-state index in [-0.39, 0.29) is 23.9 Å². The summed E-state index contributed by atoms with van der Waals surface area (Å²) in [6.45, 7) is 1.45. The lowest BCUT2D eigenvalue weighted by atomic mass is 9.97. The zero-order chi connectivity index (χ0) is 19.4. The highest BCUT2D eigenvalue weighted by Crippen LogP contribution is 2.29. The van der Waals surface area contributed by atoms with Gasteiger partial charge in [-0.15, -0.1) is 0 Å². The number of hydrazine groups is 1. The lowest BCUT2D eigenvalue weighted by molar-refractivity contribution is 0.0950. The SMILES string of the molecule is COc1cc(C(=O)NCc2ccc(F)c(OC)c2F)ccc1C1CNNC1. The van der Waals surface area contributed by atoms with Crippen LogP contribution in [0.15, 0.2) is 30.3 Å². The first kappa shape index (κ1) is 19.1. The summed E-state index contributed by atoms with van der Waals surface area (Å²) in [5.74, 6) is -1.60. The molecule has 27 heavy (non-hydrogen) atoms. The summed E-state index contributed by atoms with van der Waals surface area (Å²) in [5, 5.41) is 2.63. The van der Waals surface area contributed by atoms with Crippen molar-refractivity contribution in [1.29, 1.82) is 0 Å². The molecule has 1 aliphatic heterocycles. The van der Waals surface area contributed by atoms with Gasteiger partial charge in [-0.05, 0) is 23.8 Å². The molecule has 1 amide bonds. The summed E-state index contributed by atoms with van der Waals surface area (Å²) in [6, 6.07) is 7.59. The summed E-state index contributed by atoms with van der Waals surface area (Å²) in [4.78, 5) is 12.4. The number of nitrogens with one attached hydrogen (secondary N) is 3. The molecule has 2 aromatic rings. The van der Waals surface area contributed by atoms with Crippen molar-refractivity contribution >= 4 is 5.91 Å². The molecule has 144 valence electrons. The van der Waals surface area contributed by atoms with Crippen molar-refractivity contribution in [3.05, 3.63) is 58.7 Å². The van der Waals surface area contributed by atoms with Crippen LogP contribution in [0.2, 0.25) is 0 Å². The van der Waals surface area contributed by atoms with Gasteiger partial charge in [-0.25, -0.2) is 8.78 Å². The first-order chi connectivity index (χ1) is 13.0. The molecule has 0 unspecified atom stereocenters. The normalized spacial score (nSPS) is 14.2. The van der Waals surface area contributed by atoms with Gasteiger partial charge in [0.25, 0.3) is 5.91 Å². The minimum atomic E-state index is -0.827. The standard InChI is InChI=1S/C19H21F2N3O3/c1-26-16-7-11(3-5-14(16)13-9-23-24-10-13)19(25)22-8-12-4-6-15(20)18(27-2)17(12)21/h3-7,13,23-24H,8-10H2,1-2H3,(H,22,25). The number of benzene rings is 2. The molecule has 0 bridgehead atoms. The van der Waals surface area contributed by atoms with E-state index in [9.17, 15) is 13.6 Å². The molecule has 0 aliphatic carbocycles.